The van der Waals surface area contributed by atoms with Crippen LogP contribution in [0.3, 0.4) is 0 Å². The van der Waals surface area contributed by atoms with Gasteiger partial charge in [0.15, 0.2) is 0 Å². The molecule has 0 aliphatic rings. The van der Waals surface area contributed by atoms with E-state index in [2.05, 4.69) is 31.2 Å². The van der Waals surface area contributed by atoms with Crippen LogP contribution >= 0.6 is 0 Å². The van der Waals surface area contributed by atoms with Crippen molar-refractivity contribution in [2.75, 3.05) is 0 Å². The van der Waals surface area contributed by atoms with E-state index in [4.69, 9.17) is 0 Å². The normalized spacial score (nSPS) is 11.4. The Morgan fingerprint density at radius 2 is 1.65 bits per heavy atom. The lowest BCUT2D eigenvalue weighted by molar-refractivity contribution is 0.631. The van der Waals surface area contributed by atoms with Crippen molar-refractivity contribution < 1.29 is 4.39 Å². The summed E-state index contributed by atoms with van der Waals surface area (Å²) in [6, 6.07) is 20.7. The van der Waals surface area contributed by atoms with Gasteiger partial charge in [0.1, 0.15) is 11.5 Å². The van der Waals surface area contributed by atoms with E-state index in [-0.39, 0.29) is 5.82 Å². The fourth-order valence-electron chi connectivity index (χ4n) is 3.98. The van der Waals surface area contributed by atoms with Crippen LogP contribution in [-0.4, -0.2) is 25.1 Å². The van der Waals surface area contributed by atoms with Gasteiger partial charge >= 0.3 is 0 Å². The highest BCUT2D eigenvalue weighted by molar-refractivity contribution is 6.00. The first-order valence-corrected chi connectivity index (χ1v) is 9.89. The van der Waals surface area contributed by atoms with Crippen molar-refractivity contribution in [3.8, 4) is 33.8 Å². The highest BCUT2D eigenvalue weighted by Crippen LogP contribution is 2.34. The molecule has 31 heavy (non-hydrogen) atoms. The summed E-state index contributed by atoms with van der Waals surface area (Å²) in [6.45, 7) is 0. The Morgan fingerprint density at radius 3 is 2.52 bits per heavy atom. The van der Waals surface area contributed by atoms with E-state index >= 15 is 0 Å². The van der Waals surface area contributed by atoms with Gasteiger partial charge in [0, 0.05) is 46.0 Å². The third-order valence-corrected chi connectivity index (χ3v) is 5.49. The average Bonchev–Trinajstić information content (AvgIpc) is 3.43. The van der Waals surface area contributed by atoms with E-state index in [9.17, 15) is 4.39 Å². The van der Waals surface area contributed by atoms with Crippen LogP contribution in [0.4, 0.5) is 4.39 Å². The minimum atomic E-state index is -0.295. The molecular weight excluding hydrogens is 389 g/mol. The third-order valence-electron chi connectivity index (χ3n) is 5.49. The van der Waals surface area contributed by atoms with Crippen molar-refractivity contribution in [3.63, 3.8) is 0 Å². The minimum absolute atomic E-state index is 0.295. The Morgan fingerprint density at radius 1 is 0.742 bits per heavy atom. The number of pyridine rings is 2. The van der Waals surface area contributed by atoms with Crippen LogP contribution in [0.5, 0.6) is 0 Å². The van der Waals surface area contributed by atoms with Gasteiger partial charge in [-0.1, -0.05) is 24.3 Å². The Hall–Kier alpha value is -4.32. The number of hydrogen-bond donors (Lipinski definition) is 2. The lowest BCUT2D eigenvalue weighted by atomic mass is 10.0. The zero-order chi connectivity index (χ0) is 20.8. The van der Waals surface area contributed by atoms with Crippen molar-refractivity contribution in [1.29, 1.82) is 0 Å². The third kappa shape index (κ3) is 2.88. The Kier molecular flexibility index (Phi) is 3.89. The van der Waals surface area contributed by atoms with Crippen LogP contribution in [0.25, 0.3) is 55.6 Å². The molecule has 6 aromatic rings. The van der Waals surface area contributed by atoms with Gasteiger partial charge in [0.2, 0.25) is 0 Å². The van der Waals surface area contributed by atoms with Crippen LogP contribution in [0.2, 0.25) is 0 Å². The van der Waals surface area contributed by atoms with Crippen molar-refractivity contribution in [1.82, 2.24) is 25.1 Å². The second kappa shape index (κ2) is 6.88. The smallest absolute Gasteiger partial charge is 0.132 e. The summed E-state index contributed by atoms with van der Waals surface area (Å²) in [7, 11) is 0. The Labute approximate surface area is 176 Å². The SMILES string of the molecule is Fc1ccccc1-c1nccc2[nH]c(-c3n[nH]c4ccc(-c5cccnc5)cc34)cc12. The van der Waals surface area contributed by atoms with E-state index in [1.54, 1.807) is 24.5 Å². The fourth-order valence-corrected chi connectivity index (χ4v) is 3.98. The summed E-state index contributed by atoms with van der Waals surface area (Å²) in [5.74, 6) is -0.295. The van der Waals surface area contributed by atoms with Crippen LogP contribution in [0.15, 0.2) is 85.3 Å². The number of nitrogens with zero attached hydrogens (tertiary/aromatic N) is 3. The molecule has 148 valence electrons. The molecule has 5 nitrogen and oxygen atoms in total. The number of halogens is 1. The largest absolute Gasteiger partial charge is 0.353 e. The number of rotatable bonds is 3. The molecule has 0 spiro atoms. The van der Waals surface area contributed by atoms with E-state index in [0.717, 1.165) is 44.3 Å². The first-order valence-electron chi connectivity index (χ1n) is 9.89. The lowest BCUT2D eigenvalue weighted by Crippen LogP contribution is -1.87. The Bertz CT molecular complexity index is 1550. The monoisotopic (exact) mass is 405 g/mol. The molecule has 0 amide bonds. The molecule has 0 fully saturated rings. The molecule has 0 bridgehead atoms. The highest BCUT2D eigenvalue weighted by Gasteiger charge is 2.16. The first-order chi connectivity index (χ1) is 15.3. The maximum atomic E-state index is 14.4. The second-order valence-corrected chi connectivity index (χ2v) is 7.36. The maximum absolute atomic E-state index is 14.4. The standard InChI is InChI=1S/C25H16FN5/c26-20-6-2-1-5-17(20)24-19-13-23(29-21(19)9-11-28-24)25-18-12-15(7-8-22(18)30-31-25)16-4-3-10-27-14-16/h1-14,29H,(H,30,31). The average molecular weight is 405 g/mol. The highest BCUT2D eigenvalue weighted by atomic mass is 19.1. The molecule has 0 radical (unpaired) electrons. The molecule has 2 aromatic carbocycles. The molecule has 6 heteroatoms. The molecule has 0 aliphatic carbocycles. The van der Waals surface area contributed by atoms with Crippen LogP contribution in [0, 0.1) is 5.82 Å². The van der Waals surface area contributed by atoms with Gasteiger partial charge in [-0.3, -0.25) is 15.1 Å². The summed E-state index contributed by atoms with van der Waals surface area (Å²) >= 11 is 0. The molecule has 4 aromatic heterocycles. The summed E-state index contributed by atoms with van der Waals surface area (Å²) in [5, 5.41) is 9.50. The van der Waals surface area contributed by atoms with Gasteiger partial charge in [0.05, 0.1) is 16.9 Å². The minimum Gasteiger partial charge on any atom is -0.353 e. The van der Waals surface area contributed by atoms with Gasteiger partial charge in [-0.2, -0.15) is 5.10 Å². The second-order valence-electron chi connectivity index (χ2n) is 7.36. The van der Waals surface area contributed by atoms with Gasteiger partial charge in [0.25, 0.3) is 0 Å². The molecule has 0 aliphatic heterocycles. The number of hydrogen-bond acceptors (Lipinski definition) is 3. The van der Waals surface area contributed by atoms with E-state index in [1.165, 1.54) is 6.07 Å². The summed E-state index contributed by atoms with van der Waals surface area (Å²) in [4.78, 5) is 12.1. The number of aromatic nitrogens is 5. The van der Waals surface area contributed by atoms with Crippen molar-refractivity contribution in [3.05, 3.63) is 91.1 Å². The predicted molar refractivity (Wildman–Crippen MR) is 120 cm³/mol. The van der Waals surface area contributed by atoms with Crippen molar-refractivity contribution in [2.24, 2.45) is 0 Å². The number of aromatic amines is 2. The molecule has 0 saturated carbocycles. The zero-order valence-corrected chi connectivity index (χ0v) is 16.3. The number of benzene rings is 2. The topological polar surface area (TPSA) is 70.2 Å². The van der Waals surface area contributed by atoms with Crippen LogP contribution < -0.4 is 0 Å². The first kappa shape index (κ1) is 17.5. The van der Waals surface area contributed by atoms with E-state index < -0.39 is 0 Å². The fraction of sp³-hybridized carbons (Fsp3) is 0. The molecule has 2 N–H and O–H groups in total. The predicted octanol–water partition coefficient (Wildman–Crippen LogP) is 5.97. The van der Waals surface area contributed by atoms with Crippen molar-refractivity contribution >= 4 is 21.8 Å². The maximum Gasteiger partial charge on any atom is 0.132 e. The van der Waals surface area contributed by atoms with Crippen molar-refractivity contribution in [2.45, 2.75) is 0 Å². The molecule has 4 heterocycles. The number of fused-ring (bicyclic) bond motifs is 2. The molecule has 0 unspecified atom stereocenters. The number of nitrogens with one attached hydrogen (secondary N) is 2. The van der Waals surface area contributed by atoms with Gasteiger partial charge in [-0.05, 0) is 48.0 Å². The van der Waals surface area contributed by atoms with Gasteiger partial charge in [-0.25, -0.2) is 4.39 Å². The lowest BCUT2D eigenvalue weighted by Gasteiger charge is -2.03. The van der Waals surface area contributed by atoms with E-state index in [1.807, 2.05) is 48.7 Å². The molecule has 6 rings (SSSR count). The molecule has 0 atom stereocenters. The molecular formula is C25H16FN5. The Balaban J connectivity index is 1.53. The summed E-state index contributed by atoms with van der Waals surface area (Å²) < 4.78 is 14.4. The van der Waals surface area contributed by atoms with E-state index in [0.29, 0.717) is 11.3 Å². The van der Waals surface area contributed by atoms with Gasteiger partial charge in [-0.15, -0.1) is 0 Å². The number of H-pyrrole nitrogens is 2. The van der Waals surface area contributed by atoms with Gasteiger partial charge < -0.3 is 4.98 Å². The quantitative estimate of drug-likeness (QED) is 0.381. The van der Waals surface area contributed by atoms with Crippen LogP contribution in [-0.2, 0) is 0 Å². The van der Waals surface area contributed by atoms with Crippen LogP contribution in [0.1, 0.15) is 0 Å². The molecule has 0 saturated heterocycles. The zero-order valence-electron chi connectivity index (χ0n) is 16.3. The summed E-state index contributed by atoms with van der Waals surface area (Å²) in [6.07, 6.45) is 5.29. The summed E-state index contributed by atoms with van der Waals surface area (Å²) in [5.41, 5.74) is 6.65.